The van der Waals surface area contributed by atoms with Crippen molar-refractivity contribution in [3.05, 3.63) is 28.0 Å². The van der Waals surface area contributed by atoms with Crippen molar-refractivity contribution in [3.63, 3.8) is 0 Å². The highest BCUT2D eigenvalue weighted by Gasteiger charge is 2.27. The van der Waals surface area contributed by atoms with Gasteiger partial charge in [-0.1, -0.05) is 0 Å². The van der Waals surface area contributed by atoms with Crippen LogP contribution in [-0.4, -0.2) is 11.7 Å². The number of hydrogen-bond acceptors (Lipinski definition) is 2. The molecule has 1 aliphatic carbocycles. The lowest BCUT2D eigenvalue weighted by atomic mass is 9.97. The zero-order valence-corrected chi connectivity index (χ0v) is 11.6. The molecule has 17 heavy (non-hydrogen) atoms. The predicted molar refractivity (Wildman–Crippen MR) is 67.6 cm³/mol. The van der Waals surface area contributed by atoms with E-state index < -0.39 is 5.60 Å². The van der Waals surface area contributed by atoms with Crippen LogP contribution in [0.25, 0.3) is 0 Å². The van der Waals surface area contributed by atoms with E-state index in [9.17, 15) is 9.50 Å². The molecule has 1 saturated carbocycles. The van der Waals surface area contributed by atoms with E-state index in [0.29, 0.717) is 28.3 Å². The van der Waals surface area contributed by atoms with E-state index in [1.54, 1.807) is 13.8 Å². The van der Waals surface area contributed by atoms with Gasteiger partial charge in [-0.3, -0.25) is 0 Å². The molecule has 0 amide bonds. The largest absolute Gasteiger partial charge is 0.492 e. The van der Waals surface area contributed by atoms with Crippen LogP contribution in [0, 0.1) is 11.7 Å². The fraction of sp³-hybridized carbons (Fsp3) is 0.538. The molecule has 0 saturated heterocycles. The number of ether oxygens (including phenoxy) is 1. The van der Waals surface area contributed by atoms with Crippen molar-refractivity contribution < 1.29 is 14.2 Å². The molecule has 1 aromatic carbocycles. The first-order chi connectivity index (χ1) is 7.88. The summed E-state index contributed by atoms with van der Waals surface area (Å²) in [7, 11) is 0. The van der Waals surface area contributed by atoms with Crippen LogP contribution in [0.3, 0.4) is 0 Å². The first kappa shape index (κ1) is 12.8. The summed E-state index contributed by atoms with van der Waals surface area (Å²) in [4.78, 5) is 0. The minimum atomic E-state index is -1.12. The van der Waals surface area contributed by atoms with Crippen molar-refractivity contribution >= 4 is 15.9 Å². The summed E-state index contributed by atoms with van der Waals surface area (Å²) in [6.07, 6.45) is 2.38. The van der Waals surface area contributed by atoms with E-state index in [2.05, 4.69) is 15.9 Å². The Labute approximate surface area is 109 Å². The summed E-state index contributed by atoms with van der Waals surface area (Å²) in [5.74, 6) is 0.778. The van der Waals surface area contributed by atoms with Gasteiger partial charge in [0.1, 0.15) is 11.6 Å². The Hall–Kier alpha value is -0.610. The standard InChI is InChI=1S/C13H16BrFO2/c1-13(2,16)10-5-9(15)6-11(14)12(10)17-7-8-3-4-8/h5-6,8,16H,3-4,7H2,1-2H3. The minimum absolute atomic E-state index is 0.382. The van der Waals surface area contributed by atoms with Gasteiger partial charge >= 0.3 is 0 Å². The molecule has 2 rings (SSSR count). The lowest BCUT2D eigenvalue weighted by Gasteiger charge is -2.22. The van der Waals surface area contributed by atoms with E-state index in [-0.39, 0.29) is 5.82 Å². The van der Waals surface area contributed by atoms with Crippen molar-refractivity contribution in [1.82, 2.24) is 0 Å². The van der Waals surface area contributed by atoms with Crippen LogP contribution in [-0.2, 0) is 5.60 Å². The van der Waals surface area contributed by atoms with E-state index >= 15 is 0 Å². The van der Waals surface area contributed by atoms with Gasteiger partial charge in [0.15, 0.2) is 0 Å². The highest BCUT2D eigenvalue weighted by Crippen LogP contribution is 2.38. The first-order valence-electron chi connectivity index (χ1n) is 5.72. The molecule has 4 heteroatoms. The van der Waals surface area contributed by atoms with Gasteiger partial charge < -0.3 is 9.84 Å². The van der Waals surface area contributed by atoms with E-state index in [1.807, 2.05) is 0 Å². The molecular formula is C13H16BrFO2. The van der Waals surface area contributed by atoms with Crippen LogP contribution in [0.1, 0.15) is 32.3 Å². The smallest absolute Gasteiger partial charge is 0.139 e. The summed E-state index contributed by atoms with van der Waals surface area (Å²) >= 11 is 3.28. The molecule has 0 atom stereocenters. The maximum Gasteiger partial charge on any atom is 0.139 e. The van der Waals surface area contributed by atoms with Crippen LogP contribution < -0.4 is 4.74 Å². The Morgan fingerprint density at radius 3 is 2.65 bits per heavy atom. The molecule has 1 N–H and O–H groups in total. The van der Waals surface area contributed by atoms with Gasteiger partial charge in [0.05, 0.1) is 16.7 Å². The fourth-order valence-electron chi connectivity index (χ4n) is 1.65. The van der Waals surface area contributed by atoms with Crippen LogP contribution in [0.2, 0.25) is 0 Å². The summed E-state index contributed by atoms with van der Waals surface area (Å²) < 4.78 is 19.6. The molecule has 0 bridgehead atoms. The lowest BCUT2D eigenvalue weighted by molar-refractivity contribution is 0.0739. The van der Waals surface area contributed by atoms with Crippen molar-refractivity contribution in [2.45, 2.75) is 32.3 Å². The van der Waals surface area contributed by atoms with Gasteiger partial charge in [-0.25, -0.2) is 4.39 Å². The number of aliphatic hydroxyl groups is 1. The Balaban J connectivity index is 2.32. The van der Waals surface area contributed by atoms with E-state index in [4.69, 9.17) is 4.74 Å². The first-order valence-corrected chi connectivity index (χ1v) is 6.52. The average molecular weight is 303 g/mol. The maximum atomic E-state index is 13.4. The van der Waals surface area contributed by atoms with Crippen LogP contribution in [0.4, 0.5) is 4.39 Å². The highest BCUT2D eigenvalue weighted by molar-refractivity contribution is 9.10. The van der Waals surface area contributed by atoms with Crippen molar-refractivity contribution in [1.29, 1.82) is 0 Å². The van der Waals surface area contributed by atoms with Crippen molar-refractivity contribution in [2.75, 3.05) is 6.61 Å². The number of halogens is 2. The summed E-state index contributed by atoms with van der Waals surface area (Å²) in [5.41, 5.74) is -0.645. The molecule has 0 spiro atoms. The van der Waals surface area contributed by atoms with Crippen molar-refractivity contribution in [3.8, 4) is 5.75 Å². The molecule has 0 aromatic heterocycles. The van der Waals surface area contributed by atoms with Gasteiger partial charge in [-0.2, -0.15) is 0 Å². The SMILES string of the molecule is CC(C)(O)c1cc(F)cc(Br)c1OCC1CC1. The molecule has 0 aliphatic heterocycles. The normalized spacial score (nSPS) is 16.1. The molecule has 0 unspecified atom stereocenters. The second-order valence-corrected chi connectivity index (χ2v) is 5.93. The predicted octanol–water partition coefficient (Wildman–Crippen LogP) is 3.60. The molecule has 0 radical (unpaired) electrons. The second-order valence-electron chi connectivity index (χ2n) is 5.08. The average Bonchev–Trinajstić information content (AvgIpc) is 2.97. The lowest BCUT2D eigenvalue weighted by Crippen LogP contribution is -2.18. The third kappa shape index (κ3) is 3.19. The van der Waals surface area contributed by atoms with E-state index in [1.165, 1.54) is 25.0 Å². The molecule has 1 aliphatic rings. The zero-order valence-electron chi connectivity index (χ0n) is 9.96. The molecule has 0 heterocycles. The van der Waals surface area contributed by atoms with Gasteiger partial charge in [0.25, 0.3) is 0 Å². The molecule has 94 valence electrons. The Morgan fingerprint density at radius 1 is 1.47 bits per heavy atom. The monoisotopic (exact) mass is 302 g/mol. The van der Waals surface area contributed by atoms with Crippen LogP contribution in [0.5, 0.6) is 5.75 Å². The Kier molecular flexibility index (Phi) is 3.46. The highest BCUT2D eigenvalue weighted by atomic mass is 79.9. The molecule has 1 aromatic rings. The third-order valence-electron chi connectivity index (χ3n) is 2.83. The zero-order chi connectivity index (χ0) is 12.6. The topological polar surface area (TPSA) is 29.5 Å². The summed E-state index contributed by atoms with van der Waals surface area (Å²) in [6, 6.07) is 2.68. The fourth-order valence-corrected chi connectivity index (χ4v) is 2.19. The quantitative estimate of drug-likeness (QED) is 0.921. The Morgan fingerprint density at radius 2 is 2.12 bits per heavy atom. The summed E-state index contributed by atoms with van der Waals surface area (Å²) in [5, 5.41) is 10.0. The van der Waals surface area contributed by atoms with Gasteiger partial charge in [-0.15, -0.1) is 0 Å². The number of rotatable bonds is 4. The number of hydrogen-bond donors (Lipinski definition) is 1. The minimum Gasteiger partial charge on any atom is -0.492 e. The van der Waals surface area contributed by atoms with Gasteiger partial charge in [-0.05, 0) is 60.7 Å². The van der Waals surface area contributed by atoms with Crippen LogP contribution >= 0.6 is 15.9 Å². The van der Waals surface area contributed by atoms with E-state index in [0.717, 1.165) is 0 Å². The maximum absolute atomic E-state index is 13.4. The summed E-state index contributed by atoms with van der Waals surface area (Å²) in [6.45, 7) is 3.88. The third-order valence-corrected chi connectivity index (χ3v) is 3.42. The Bertz CT molecular complexity index is 422. The molecule has 1 fully saturated rings. The molecular weight excluding hydrogens is 287 g/mol. The van der Waals surface area contributed by atoms with Crippen LogP contribution in [0.15, 0.2) is 16.6 Å². The van der Waals surface area contributed by atoms with Crippen molar-refractivity contribution in [2.24, 2.45) is 5.92 Å². The number of benzene rings is 1. The molecule has 2 nitrogen and oxygen atoms in total. The van der Waals surface area contributed by atoms with Gasteiger partial charge in [0.2, 0.25) is 0 Å². The second kappa shape index (κ2) is 4.58. The van der Waals surface area contributed by atoms with Gasteiger partial charge in [0, 0.05) is 5.56 Å².